The van der Waals surface area contributed by atoms with E-state index in [9.17, 15) is 5.11 Å². The van der Waals surface area contributed by atoms with Gasteiger partial charge in [-0.1, -0.05) is 24.3 Å². The van der Waals surface area contributed by atoms with Crippen LogP contribution in [0.5, 0.6) is 5.75 Å². The molecule has 0 saturated carbocycles. The van der Waals surface area contributed by atoms with E-state index in [0.29, 0.717) is 0 Å². The van der Waals surface area contributed by atoms with Gasteiger partial charge < -0.3 is 11.4 Å². The van der Waals surface area contributed by atoms with Gasteiger partial charge in [0, 0.05) is 30.9 Å². The summed E-state index contributed by atoms with van der Waals surface area (Å²) in [6.45, 7) is 12.7. The van der Waals surface area contributed by atoms with Crippen molar-refractivity contribution in [3.63, 3.8) is 0 Å². The number of phenolic OH excluding ortho intramolecular Hbond substituents is 1. The minimum atomic E-state index is 0. The van der Waals surface area contributed by atoms with Gasteiger partial charge in [-0.3, -0.25) is 0 Å². The third-order valence-electron chi connectivity index (χ3n) is 5.70. The maximum atomic E-state index is 10.1. The van der Waals surface area contributed by atoms with Gasteiger partial charge in [0.1, 0.15) is 18.8 Å². The van der Waals surface area contributed by atoms with Crippen LogP contribution in [0.1, 0.15) is 40.2 Å². The number of aromatic hydroxyl groups is 1. The molecule has 0 unspecified atom stereocenters. The smallest absolute Gasteiger partial charge is 1.00 e. The number of nitrogens with zero attached hydrogens (tertiary/aromatic N) is 2. The SMILES string of the molecule is CCN(CC)c1ccc(C(=C2C=CC(=[N+](CC)CC)C=C2)c2cccc(O)c2)cc1.[H-].[Na+]. The summed E-state index contributed by atoms with van der Waals surface area (Å²) in [7, 11) is 0. The van der Waals surface area contributed by atoms with Crippen LogP contribution in [0.2, 0.25) is 0 Å². The Labute approximate surface area is 210 Å². The normalized spacial score (nSPS) is 12.5. The maximum absolute atomic E-state index is 10.1. The van der Waals surface area contributed by atoms with Gasteiger partial charge in [-0.05, 0) is 86.4 Å². The standard InChI is InChI=1S/C27H32N2O.Na.H/c1-5-28(6-2)24-16-12-21(13-17-24)27(23-10-9-11-26(30)20-23)22-14-18-25(19-15-22)29(7-3)8-4;;/h9-20H,5-8H2,1-4H3;;/q;+1;-1/p+1. The van der Waals surface area contributed by atoms with E-state index < -0.39 is 0 Å². The average molecular weight is 426 g/mol. The molecule has 1 aliphatic carbocycles. The van der Waals surface area contributed by atoms with Crippen LogP contribution in [0.25, 0.3) is 5.57 Å². The Morgan fingerprint density at radius 3 is 1.97 bits per heavy atom. The minimum Gasteiger partial charge on any atom is -1.00 e. The molecule has 0 saturated heterocycles. The molecule has 0 heterocycles. The van der Waals surface area contributed by atoms with E-state index in [1.165, 1.54) is 11.4 Å². The molecule has 0 aromatic heterocycles. The van der Waals surface area contributed by atoms with Crippen molar-refractivity contribution in [3.05, 3.63) is 89.5 Å². The van der Waals surface area contributed by atoms with E-state index in [0.717, 1.165) is 48.5 Å². The van der Waals surface area contributed by atoms with Crippen molar-refractivity contribution < 1.29 is 40.7 Å². The Kier molecular flexibility index (Phi) is 9.83. The molecule has 2 aromatic carbocycles. The molecule has 0 amide bonds. The molecule has 0 atom stereocenters. The Morgan fingerprint density at radius 2 is 1.45 bits per heavy atom. The number of hydrogen-bond donors (Lipinski definition) is 1. The van der Waals surface area contributed by atoms with Gasteiger partial charge in [0.2, 0.25) is 0 Å². The summed E-state index contributed by atoms with van der Waals surface area (Å²) in [5, 5.41) is 10.1. The van der Waals surface area contributed by atoms with E-state index >= 15 is 0 Å². The molecule has 4 heteroatoms. The van der Waals surface area contributed by atoms with E-state index in [1.807, 2.05) is 12.1 Å². The molecule has 0 aliphatic heterocycles. The first-order valence-corrected chi connectivity index (χ1v) is 11.0. The fourth-order valence-electron chi connectivity index (χ4n) is 4.02. The zero-order chi connectivity index (χ0) is 21.5. The zero-order valence-corrected chi connectivity index (χ0v) is 21.6. The van der Waals surface area contributed by atoms with E-state index in [-0.39, 0.29) is 36.7 Å². The third kappa shape index (κ3) is 6.00. The zero-order valence-electron chi connectivity index (χ0n) is 20.6. The fraction of sp³-hybridized carbons (Fsp3) is 0.296. The number of phenols is 1. The van der Waals surface area contributed by atoms with Crippen LogP contribution in [0.3, 0.4) is 0 Å². The molecule has 3 rings (SSSR count). The fourth-order valence-corrected chi connectivity index (χ4v) is 4.02. The van der Waals surface area contributed by atoms with Crippen molar-refractivity contribution >= 4 is 17.0 Å². The van der Waals surface area contributed by atoms with Crippen LogP contribution in [0.4, 0.5) is 5.69 Å². The van der Waals surface area contributed by atoms with Crippen LogP contribution < -0.4 is 34.5 Å². The molecular formula is C27H34N2NaO+. The summed E-state index contributed by atoms with van der Waals surface area (Å²) in [6, 6.07) is 16.3. The number of rotatable bonds is 7. The van der Waals surface area contributed by atoms with Crippen LogP contribution in [-0.2, 0) is 0 Å². The first kappa shape index (κ1) is 25.2. The number of anilines is 1. The first-order valence-electron chi connectivity index (χ1n) is 11.0. The van der Waals surface area contributed by atoms with Gasteiger partial charge in [-0.25, -0.2) is 4.58 Å². The number of benzene rings is 2. The Balaban J connectivity index is 0.00000256. The van der Waals surface area contributed by atoms with Crippen molar-refractivity contribution in [3.8, 4) is 5.75 Å². The predicted molar refractivity (Wildman–Crippen MR) is 130 cm³/mol. The summed E-state index contributed by atoms with van der Waals surface area (Å²) < 4.78 is 2.34. The predicted octanol–water partition coefficient (Wildman–Crippen LogP) is 2.78. The third-order valence-corrected chi connectivity index (χ3v) is 5.70. The molecule has 2 aromatic rings. The van der Waals surface area contributed by atoms with Crippen LogP contribution >= 0.6 is 0 Å². The van der Waals surface area contributed by atoms with Crippen molar-refractivity contribution in [2.75, 3.05) is 31.1 Å². The van der Waals surface area contributed by atoms with E-state index in [1.54, 1.807) is 6.07 Å². The van der Waals surface area contributed by atoms with E-state index in [2.05, 4.69) is 91.8 Å². The Hall–Kier alpha value is -2.07. The molecular weight excluding hydrogens is 391 g/mol. The second-order valence-corrected chi connectivity index (χ2v) is 7.36. The topological polar surface area (TPSA) is 26.5 Å². The van der Waals surface area contributed by atoms with Crippen molar-refractivity contribution in [2.45, 2.75) is 27.7 Å². The van der Waals surface area contributed by atoms with Gasteiger partial charge in [0.15, 0.2) is 5.71 Å². The van der Waals surface area contributed by atoms with Gasteiger partial charge in [-0.2, -0.15) is 0 Å². The molecule has 0 bridgehead atoms. The van der Waals surface area contributed by atoms with Gasteiger partial charge in [0.05, 0.1) is 0 Å². The van der Waals surface area contributed by atoms with Crippen LogP contribution in [0.15, 0.2) is 78.4 Å². The first-order chi connectivity index (χ1) is 14.6. The summed E-state index contributed by atoms with van der Waals surface area (Å²) in [6.07, 6.45) is 8.75. The molecule has 0 spiro atoms. The largest absolute Gasteiger partial charge is 1.00 e. The Morgan fingerprint density at radius 1 is 0.839 bits per heavy atom. The molecule has 3 nitrogen and oxygen atoms in total. The second kappa shape index (κ2) is 12.1. The quantitative estimate of drug-likeness (QED) is 0.546. The van der Waals surface area contributed by atoms with E-state index in [4.69, 9.17) is 0 Å². The Bertz CT molecular complexity index is 979. The monoisotopic (exact) mass is 425 g/mol. The number of allylic oxidation sites excluding steroid dienone is 5. The van der Waals surface area contributed by atoms with Gasteiger partial charge >= 0.3 is 29.6 Å². The summed E-state index contributed by atoms with van der Waals surface area (Å²) in [5.41, 5.74) is 6.90. The van der Waals surface area contributed by atoms with Crippen molar-refractivity contribution in [1.29, 1.82) is 0 Å². The molecule has 31 heavy (non-hydrogen) atoms. The van der Waals surface area contributed by atoms with Crippen molar-refractivity contribution in [1.82, 2.24) is 0 Å². The van der Waals surface area contributed by atoms with Crippen LogP contribution in [0, 0.1) is 0 Å². The summed E-state index contributed by atoms with van der Waals surface area (Å²) >= 11 is 0. The maximum Gasteiger partial charge on any atom is 1.00 e. The number of hydrogen-bond acceptors (Lipinski definition) is 2. The second-order valence-electron chi connectivity index (χ2n) is 7.36. The minimum absolute atomic E-state index is 0. The summed E-state index contributed by atoms with van der Waals surface area (Å²) in [5.74, 6) is 0.282. The van der Waals surface area contributed by atoms with Gasteiger partial charge in [-0.15, -0.1) is 0 Å². The average Bonchev–Trinajstić information content (AvgIpc) is 2.78. The molecule has 158 valence electrons. The van der Waals surface area contributed by atoms with Crippen LogP contribution in [-0.4, -0.2) is 41.6 Å². The molecule has 0 radical (unpaired) electrons. The molecule has 0 fully saturated rings. The molecule has 1 N–H and O–H groups in total. The molecule has 1 aliphatic rings. The van der Waals surface area contributed by atoms with Gasteiger partial charge in [0.25, 0.3) is 0 Å². The summed E-state index contributed by atoms with van der Waals surface area (Å²) in [4.78, 5) is 2.34. The van der Waals surface area contributed by atoms with Crippen molar-refractivity contribution in [2.24, 2.45) is 0 Å².